The van der Waals surface area contributed by atoms with Crippen molar-refractivity contribution in [1.29, 1.82) is 0 Å². The molecule has 274 valence electrons. The lowest BCUT2D eigenvalue weighted by atomic mass is 9.49. The second-order valence-corrected chi connectivity index (χ2v) is 16.1. The first-order valence-electron chi connectivity index (χ1n) is 20.2. The summed E-state index contributed by atoms with van der Waals surface area (Å²) in [5.74, 6) is 2.85. The third kappa shape index (κ3) is 6.71. The van der Waals surface area contributed by atoms with Gasteiger partial charge in [-0.2, -0.15) is 0 Å². The predicted molar refractivity (Wildman–Crippen MR) is 237 cm³/mol. The van der Waals surface area contributed by atoms with Crippen LogP contribution in [0.3, 0.4) is 0 Å². The minimum absolute atomic E-state index is 0.0346. The molecule has 0 heterocycles. The lowest BCUT2D eigenvalue weighted by molar-refractivity contribution is 0.0416. The van der Waals surface area contributed by atoms with Crippen LogP contribution in [-0.2, 0) is 11.8 Å². The largest absolute Gasteiger partial charge is 0.310 e. The fourth-order valence-electron chi connectivity index (χ4n) is 10.7. The first-order chi connectivity index (χ1) is 26.9. The molecule has 5 aromatic rings. The van der Waals surface area contributed by atoms with Crippen molar-refractivity contribution in [1.82, 2.24) is 0 Å². The number of benzene rings is 5. The van der Waals surface area contributed by atoms with Gasteiger partial charge in [0.15, 0.2) is 0 Å². The molecular weight excluding hydrogens is 663 g/mol. The monoisotopic (exact) mass is 715 g/mol. The average molecular weight is 716 g/mol. The fraction of sp³-hybridized carbons (Fsp3) is 0.222. The van der Waals surface area contributed by atoms with Gasteiger partial charge in [-0.15, -0.1) is 0 Å². The van der Waals surface area contributed by atoms with Crippen molar-refractivity contribution in [3.8, 4) is 11.1 Å². The Hall–Kier alpha value is -5.66. The highest BCUT2D eigenvalue weighted by molar-refractivity contribution is 5.86. The summed E-state index contributed by atoms with van der Waals surface area (Å²) >= 11 is 0. The van der Waals surface area contributed by atoms with Gasteiger partial charge in [0.1, 0.15) is 0 Å². The Morgan fingerprint density at radius 3 is 2.13 bits per heavy atom. The lowest BCUT2D eigenvalue weighted by Crippen LogP contribution is -2.49. The molecule has 0 N–H and O–H groups in total. The summed E-state index contributed by atoms with van der Waals surface area (Å²) in [6.45, 7) is 17.1. The third-order valence-corrected chi connectivity index (χ3v) is 12.8. The molecule has 8 rings (SSSR count). The summed E-state index contributed by atoms with van der Waals surface area (Å²) in [5.41, 5.74) is 15.3. The van der Waals surface area contributed by atoms with E-state index in [2.05, 4.69) is 178 Å². The third-order valence-electron chi connectivity index (χ3n) is 12.8. The number of nitrogens with zero attached hydrogens (tertiary/aromatic N) is 1. The van der Waals surface area contributed by atoms with E-state index in [0.717, 1.165) is 46.5 Å². The van der Waals surface area contributed by atoms with Crippen LogP contribution in [0.2, 0.25) is 0 Å². The van der Waals surface area contributed by atoms with E-state index in [1.807, 2.05) is 24.3 Å². The maximum Gasteiger partial charge on any atom is 0.0464 e. The molecule has 0 amide bonds. The molecule has 2 fully saturated rings. The maximum absolute atomic E-state index is 4.12. The Kier molecular flexibility index (Phi) is 10.3. The molecule has 1 nitrogen and oxygen atoms in total. The summed E-state index contributed by atoms with van der Waals surface area (Å²) in [6.07, 6.45) is 18.5. The van der Waals surface area contributed by atoms with Gasteiger partial charge >= 0.3 is 0 Å². The van der Waals surface area contributed by atoms with E-state index in [4.69, 9.17) is 0 Å². The van der Waals surface area contributed by atoms with Crippen LogP contribution < -0.4 is 4.90 Å². The molecule has 0 saturated heterocycles. The van der Waals surface area contributed by atoms with Crippen LogP contribution in [0.5, 0.6) is 0 Å². The van der Waals surface area contributed by atoms with Crippen LogP contribution in [0.25, 0.3) is 22.3 Å². The summed E-state index contributed by atoms with van der Waals surface area (Å²) in [5, 5.41) is 0. The van der Waals surface area contributed by atoms with E-state index in [9.17, 15) is 0 Å². The zero-order valence-corrected chi connectivity index (χ0v) is 32.5. The molecule has 55 heavy (non-hydrogen) atoms. The van der Waals surface area contributed by atoms with Crippen LogP contribution >= 0.6 is 0 Å². The van der Waals surface area contributed by atoms with Gasteiger partial charge in [-0.05, 0) is 142 Å². The summed E-state index contributed by atoms with van der Waals surface area (Å²) in [7, 11) is 0. The Morgan fingerprint density at radius 1 is 0.691 bits per heavy atom. The van der Waals surface area contributed by atoms with Gasteiger partial charge < -0.3 is 4.90 Å². The van der Waals surface area contributed by atoms with Crippen LogP contribution in [0.15, 0.2) is 189 Å². The van der Waals surface area contributed by atoms with E-state index in [-0.39, 0.29) is 5.41 Å². The lowest BCUT2D eigenvalue weighted by Gasteiger charge is -2.55. The SMILES string of the molecule is C=C/C=C\C1=C(Cc2cccc(N(c3ccc(/C(C=C)=C/C=C)cc3)c3ccc(-c4ccccc4)cc3)c2)c2ccccc2C12C(C)CC1CC(C)CC2C1. The minimum atomic E-state index is 0.0346. The molecule has 5 aromatic carbocycles. The summed E-state index contributed by atoms with van der Waals surface area (Å²) in [4.78, 5) is 2.39. The van der Waals surface area contributed by atoms with Crippen molar-refractivity contribution >= 4 is 28.2 Å². The number of rotatable bonds is 11. The molecule has 5 atom stereocenters. The molecule has 2 saturated carbocycles. The molecule has 1 spiro atoms. The molecule has 0 radical (unpaired) electrons. The molecule has 5 unspecified atom stereocenters. The van der Waals surface area contributed by atoms with Gasteiger partial charge in [-0.25, -0.2) is 0 Å². The first kappa shape index (κ1) is 36.3. The smallest absolute Gasteiger partial charge is 0.0464 e. The fourth-order valence-corrected chi connectivity index (χ4v) is 10.7. The Balaban J connectivity index is 1.23. The first-order valence-corrected chi connectivity index (χ1v) is 20.2. The molecule has 3 aliphatic rings. The molecule has 0 aromatic heterocycles. The van der Waals surface area contributed by atoms with Crippen LogP contribution in [-0.4, -0.2) is 0 Å². The average Bonchev–Trinajstić information content (AvgIpc) is 3.49. The van der Waals surface area contributed by atoms with E-state index in [0.29, 0.717) is 11.8 Å². The Labute approximate surface area is 329 Å². The van der Waals surface area contributed by atoms with Gasteiger partial charge in [0.05, 0.1) is 0 Å². The van der Waals surface area contributed by atoms with Gasteiger partial charge in [-0.3, -0.25) is 0 Å². The van der Waals surface area contributed by atoms with Crippen molar-refractivity contribution in [2.75, 3.05) is 4.90 Å². The Morgan fingerprint density at radius 2 is 1.40 bits per heavy atom. The zero-order chi connectivity index (χ0) is 37.9. The number of allylic oxidation sites excluding steroid dienone is 9. The van der Waals surface area contributed by atoms with Crippen LogP contribution in [0.4, 0.5) is 17.1 Å². The van der Waals surface area contributed by atoms with Crippen molar-refractivity contribution in [3.63, 3.8) is 0 Å². The van der Waals surface area contributed by atoms with Crippen molar-refractivity contribution < 1.29 is 0 Å². The maximum atomic E-state index is 4.12. The topological polar surface area (TPSA) is 3.24 Å². The molecule has 1 heteroatoms. The molecular formula is C54H53N. The predicted octanol–water partition coefficient (Wildman–Crippen LogP) is 14.7. The number of fused-ring (bicyclic) bond motifs is 5. The second kappa shape index (κ2) is 15.6. The van der Waals surface area contributed by atoms with Gasteiger partial charge in [0.2, 0.25) is 0 Å². The van der Waals surface area contributed by atoms with E-state index in [1.165, 1.54) is 59.1 Å². The zero-order valence-electron chi connectivity index (χ0n) is 32.5. The summed E-state index contributed by atoms with van der Waals surface area (Å²) in [6, 6.07) is 47.0. The van der Waals surface area contributed by atoms with Crippen molar-refractivity contribution in [2.24, 2.45) is 23.7 Å². The number of hydrogen-bond acceptors (Lipinski definition) is 1. The van der Waals surface area contributed by atoms with Gasteiger partial charge in [-0.1, -0.05) is 161 Å². The Bertz CT molecular complexity index is 2280. The van der Waals surface area contributed by atoms with Crippen LogP contribution in [0.1, 0.15) is 61.8 Å². The van der Waals surface area contributed by atoms with E-state index < -0.39 is 0 Å². The minimum Gasteiger partial charge on any atom is -0.310 e. The number of hydrogen-bond donors (Lipinski definition) is 0. The quantitative estimate of drug-likeness (QED) is 0.123. The molecule has 0 aliphatic heterocycles. The van der Waals surface area contributed by atoms with Crippen LogP contribution in [0, 0.1) is 23.7 Å². The van der Waals surface area contributed by atoms with Gasteiger partial charge in [0.25, 0.3) is 0 Å². The number of anilines is 3. The van der Waals surface area contributed by atoms with Crippen molar-refractivity contribution in [3.05, 3.63) is 211 Å². The highest BCUT2D eigenvalue weighted by Crippen LogP contribution is 2.64. The van der Waals surface area contributed by atoms with Gasteiger partial charge in [0, 0.05) is 22.5 Å². The highest BCUT2D eigenvalue weighted by atomic mass is 15.1. The second-order valence-electron chi connectivity index (χ2n) is 16.1. The van der Waals surface area contributed by atoms with E-state index >= 15 is 0 Å². The standard InChI is InChI=1S/C54H53N/c1-6-9-22-53-51(50-21-13-14-23-52(50)54(53)39(5)34-41-32-38(4)33-46(54)35-41)37-40-17-15-20-49(36-40)55(47-28-24-44(25-29-47)42(8-3)16-7-2)48-30-26-45(27-31-48)43-18-11-10-12-19-43/h6-31,36,38-39,41,46H,1-3,32-35,37H2,4-5H3/b22-9-,42-16+. The molecule has 2 bridgehead atoms. The normalized spacial score (nSPS) is 23.1. The van der Waals surface area contributed by atoms with Crippen molar-refractivity contribution in [2.45, 2.75) is 51.4 Å². The summed E-state index contributed by atoms with van der Waals surface area (Å²) < 4.78 is 0. The highest BCUT2D eigenvalue weighted by Gasteiger charge is 2.56. The molecule has 3 aliphatic carbocycles. The van der Waals surface area contributed by atoms with E-state index in [1.54, 1.807) is 5.56 Å².